The van der Waals surface area contributed by atoms with Crippen LogP contribution in [0.4, 0.5) is 5.69 Å². The van der Waals surface area contributed by atoms with Gasteiger partial charge in [0.2, 0.25) is 0 Å². The zero-order chi connectivity index (χ0) is 17.0. The van der Waals surface area contributed by atoms with Crippen molar-refractivity contribution in [3.63, 3.8) is 0 Å². The maximum atomic E-state index is 4.52. The van der Waals surface area contributed by atoms with Crippen LogP contribution in [0.3, 0.4) is 0 Å². The van der Waals surface area contributed by atoms with Crippen molar-refractivity contribution in [1.29, 1.82) is 0 Å². The van der Waals surface area contributed by atoms with Gasteiger partial charge < -0.3 is 9.97 Å². The number of aromatic amines is 2. The van der Waals surface area contributed by atoms with E-state index < -0.39 is 0 Å². The van der Waals surface area contributed by atoms with E-state index in [9.17, 15) is 0 Å². The quantitative estimate of drug-likeness (QED) is 0.535. The second kappa shape index (κ2) is 5.08. The van der Waals surface area contributed by atoms with Crippen molar-refractivity contribution in [2.45, 2.75) is 6.92 Å². The van der Waals surface area contributed by atoms with Crippen LogP contribution in [-0.4, -0.2) is 16.2 Å². The molecule has 0 unspecified atom stereocenters. The molecule has 0 atom stereocenters. The topological polar surface area (TPSA) is 43.9 Å². The number of fused-ring (bicyclic) bond motifs is 2. The van der Waals surface area contributed by atoms with Crippen molar-refractivity contribution in [3.8, 4) is 11.3 Å². The Bertz CT molecular complexity index is 1270. The summed E-state index contributed by atoms with van der Waals surface area (Å²) in [5.74, 6) is 0. The van der Waals surface area contributed by atoms with Crippen LogP contribution in [0.25, 0.3) is 34.3 Å². The van der Waals surface area contributed by atoms with Crippen LogP contribution in [0.5, 0.6) is 0 Å². The molecule has 1 aliphatic heterocycles. The number of hydrogen-bond donors (Lipinski definition) is 2. The first-order valence-corrected chi connectivity index (χ1v) is 8.34. The second-order valence-corrected chi connectivity index (χ2v) is 6.52. The zero-order valence-corrected chi connectivity index (χ0v) is 13.9. The Morgan fingerprint density at radius 2 is 1.88 bits per heavy atom. The van der Waals surface area contributed by atoms with Gasteiger partial charge in [0.25, 0.3) is 0 Å². The molecule has 2 N–H and O–H groups in total. The minimum Gasteiger partial charge on any atom is -0.360 e. The minimum absolute atomic E-state index is 0.912. The molecule has 0 spiro atoms. The number of aliphatic imine (C=N–C) groups is 1. The number of aromatic nitrogens is 2. The van der Waals surface area contributed by atoms with Crippen molar-refractivity contribution in [2.75, 3.05) is 0 Å². The van der Waals surface area contributed by atoms with E-state index >= 15 is 0 Å². The summed E-state index contributed by atoms with van der Waals surface area (Å²) in [5, 5.41) is 3.24. The SMILES string of the molecule is C=c1[nH]c(-c2c[nH]c3ccc(C)cc23)cc1=C1C=Nc2ccccc21. The summed E-state index contributed by atoms with van der Waals surface area (Å²) < 4.78 is 0. The first-order chi connectivity index (χ1) is 12.2. The molecule has 5 rings (SSSR count). The number of benzene rings is 2. The monoisotopic (exact) mass is 323 g/mol. The van der Waals surface area contributed by atoms with Crippen molar-refractivity contribution in [2.24, 2.45) is 4.99 Å². The van der Waals surface area contributed by atoms with Crippen LogP contribution in [0, 0.1) is 6.92 Å². The molecule has 3 heteroatoms. The Morgan fingerprint density at radius 3 is 2.80 bits per heavy atom. The van der Waals surface area contributed by atoms with Gasteiger partial charge in [-0.1, -0.05) is 36.4 Å². The molecule has 0 saturated heterocycles. The van der Waals surface area contributed by atoms with E-state index in [2.05, 4.69) is 65.0 Å². The van der Waals surface area contributed by atoms with Crippen LogP contribution in [0.2, 0.25) is 0 Å². The van der Waals surface area contributed by atoms with Gasteiger partial charge in [0.05, 0.1) is 5.69 Å². The largest absolute Gasteiger partial charge is 0.360 e. The van der Waals surface area contributed by atoms with Gasteiger partial charge in [-0.05, 0) is 31.2 Å². The first-order valence-electron chi connectivity index (χ1n) is 8.34. The summed E-state index contributed by atoms with van der Waals surface area (Å²) >= 11 is 0. The Kier molecular flexibility index (Phi) is 2.86. The van der Waals surface area contributed by atoms with E-state index in [1.807, 2.05) is 24.4 Å². The molecule has 120 valence electrons. The molecule has 0 aliphatic carbocycles. The van der Waals surface area contributed by atoms with E-state index in [0.29, 0.717) is 0 Å². The summed E-state index contributed by atoms with van der Waals surface area (Å²) in [7, 11) is 0. The van der Waals surface area contributed by atoms with Gasteiger partial charge in [0.1, 0.15) is 0 Å². The number of H-pyrrole nitrogens is 2. The Labute approximate surface area is 145 Å². The lowest BCUT2D eigenvalue weighted by molar-refractivity contribution is 1.32. The number of para-hydroxylation sites is 1. The zero-order valence-electron chi connectivity index (χ0n) is 13.9. The van der Waals surface area contributed by atoms with Gasteiger partial charge in [0, 0.05) is 56.3 Å². The third-order valence-corrected chi connectivity index (χ3v) is 4.84. The van der Waals surface area contributed by atoms with Crippen LogP contribution in [-0.2, 0) is 0 Å². The molecule has 0 saturated carbocycles. The number of nitrogens with zero attached hydrogens (tertiary/aromatic N) is 1. The number of nitrogens with one attached hydrogen (secondary N) is 2. The summed E-state index contributed by atoms with van der Waals surface area (Å²) in [5.41, 5.74) is 7.93. The fraction of sp³-hybridized carbons (Fsp3) is 0.0455. The van der Waals surface area contributed by atoms with E-state index in [1.165, 1.54) is 16.5 Å². The van der Waals surface area contributed by atoms with Crippen molar-refractivity contribution in [1.82, 2.24) is 9.97 Å². The molecule has 2 aromatic carbocycles. The standard InChI is InChI=1S/C22H17N3/c1-13-7-8-21-17(9-13)19(12-24-21)22-10-16(14(2)25-22)18-11-23-20-6-4-3-5-15(18)20/h3-12,24-25H,2H2,1H3. The molecule has 0 radical (unpaired) electrons. The first kappa shape index (κ1) is 14.1. The molecular weight excluding hydrogens is 306 g/mol. The lowest BCUT2D eigenvalue weighted by Gasteiger charge is -1.97. The average molecular weight is 323 g/mol. The molecule has 3 nitrogen and oxygen atoms in total. The van der Waals surface area contributed by atoms with E-state index in [4.69, 9.17) is 0 Å². The maximum Gasteiger partial charge on any atom is 0.0709 e. The predicted molar refractivity (Wildman–Crippen MR) is 105 cm³/mol. The molecular formula is C22H17N3. The van der Waals surface area contributed by atoms with Crippen LogP contribution in [0.1, 0.15) is 11.1 Å². The van der Waals surface area contributed by atoms with Crippen LogP contribution in [0.15, 0.2) is 59.7 Å². The van der Waals surface area contributed by atoms with Gasteiger partial charge in [-0.2, -0.15) is 0 Å². The molecule has 0 fully saturated rings. The summed E-state index contributed by atoms with van der Waals surface area (Å²) in [6.45, 7) is 6.33. The fourth-order valence-electron chi connectivity index (χ4n) is 3.57. The summed E-state index contributed by atoms with van der Waals surface area (Å²) in [6, 6.07) is 16.8. The molecule has 1 aliphatic rings. The highest BCUT2D eigenvalue weighted by Gasteiger charge is 2.14. The third-order valence-electron chi connectivity index (χ3n) is 4.84. The number of rotatable bonds is 1. The van der Waals surface area contributed by atoms with E-state index in [1.54, 1.807) is 0 Å². The van der Waals surface area contributed by atoms with Crippen LogP contribution < -0.4 is 10.6 Å². The Hall–Kier alpha value is -3.33. The van der Waals surface area contributed by atoms with E-state index in [-0.39, 0.29) is 0 Å². The number of aryl methyl sites for hydroxylation is 1. The third kappa shape index (κ3) is 2.09. The molecule has 3 heterocycles. The lowest BCUT2D eigenvalue weighted by atomic mass is 10.0. The normalized spacial score (nSPS) is 15.1. The molecule has 0 amide bonds. The van der Waals surface area contributed by atoms with Crippen molar-refractivity contribution >= 4 is 35.0 Å². The second-order valence-electron chi connectivity index (χ2n) is 6.52. The minimum atomic E-state index is 0.912. The summed E-state index contributed by atoms with van der Waals surface area (Å²) in [4.78, 5) is 11.3. The van der Waals surface area contributed by atoms with E-state index in [0.717, 1.165) is 38.6 Å². The van der Waals surface area contributed by atoms with Gasteiger partial charge in [0.15, 0.2) is 0 Å². The fourth-order valence-corrected chi connectivity index (χ4v) is 3.57. The maximum absolute atomic E-state index is 4.52. The van der Waals surface area contributed by atoms with Crippen LogP contribution >= 0.6 is 0 Å². The number of hydrogen-bond acceptors (Lipinski definition) is 1. The average Bonchev–Trinajstić information content (AvgIpc) is 3.30. The van der Waals surface area contributed by atoms with Gasteiger partial charge in [-0.25, -0.2) is 0 Å². The Morgan fingerprint density at radius 1 is 1.00 bits per heavy atom. The van der Waals surface area contributed by atoms with Gasteiger partial charge in [-0.3, -0.25) is 4.99 Å². The highest BCUT2D eigenvalue weighted by Crippen LogP contribution is 2.30. The molecule has 25 heavy (non-hydrogen) atoms. The van der Waals surface area contributed by atoms with Crippen molar-refractivity contribution < 1.29 is 0 Å². The summed E-state index contributed by atoms with van der Waals surface area (Å²) in [6.07, 6.45) is 3.99. The molecule has 0 bridgehead atoms. The Balaban J connectivity index is 1.76. The highest BCUT2D eigenvalue weighted by molar-refractivity contribution is 6.16. The van der Waals surface area contributed by atoms with Gasteiger partial charge >= 0.3 is 0 Å². The highest BCUT2D eigenvalue weighted by atomic mass is 14.8. The lowest BCUT2D eigenvalue weighted by Crippen LogP contribution is -2.23. The molecule has 2 aromatic heterocycles. The van der Waals surface area contributed by atoms with Crippen molar-refractivity contribution in [3.05, 3.63) is 76.4 Å². The van der Waals surface area contributed by atoms with Gasteiger partial charge in [-0.15, -0.1) is 0 Å². The smallest absolute Gasteiger partial charge is 0.0709 e. The predicted octanol–water partition coefficient (Wildman–Crippen LogP) is 3.80. The molecule has 4 aromatic rings.